The Morgan fingerprint density at radius 1 is 0.654 bits per heavy atom. The van der Waals surface area contributed by atoms with Crippen molar-refractivity contribution in [1.82, 2.24) is 0 Å². The van der Waals surface area contributed by atoms with E-state index in [1.54, 1.807) is 0 Å². The lowest BCUT2D eigenvalue weighted by atomic mass is 9.98. The minimum Gasteiger partial charge on any atom is -0.135 e. The second kappa shape index (κ2) is 6.12. The molecule has 0 atom stereocenters. The summed E-state index contributed by atoms with van der Waals surface area (Å²) in [6.45, 7) is 2.12. The lowest BCUT2D eigenvalue weighted by Gasteiger charge is -2.05. The van der Waals surface area contributed by atoms with Gasteiger partial charge in [-0.3, -0.25) is 0 Å². The van der Waals surface area contributed by atoms with Crippen LogP contribution in [0.15, 0.2) is 78.9 Å². The van der Waals surface area contributed by atoms with Gasteiger partial charge in [0.15, 0.2) is 0 Å². The Morgan fingerprint density at radius 2 is 1.50 bits per heavy atom. The van der Waals surface area contributed by atoms with Crippen LogP contribution in [0.4, 0.5) is 0 Å². The first-order valence-corrected chi connectivity index (χ1v) is 9.69. The van der Waals surface area contributed by atoms with Crippen LogP contribution in [-0.2, 0) is 0 Å². The van der Waals surface area contributed by atoms with Crippen molar-refractivity contribution >= 4 is 54.4 Å². The van der Waals surface area contributed by atoms with Crippen molar-refractivity contribution in [3.05, 3.63) is 95.6 Å². The highest BCUT2D eigenvalue weighted by Gasteiger charge is 2.10. The fourth-order valence-electron chi connectivity index (χ4n) is 3.62. The van der Waals surface area contributed by atoms with E-state index in [0.29, 0.717) is 0 Å². The van der Waals surface area contributed by atoms with Crippen LogP contribution in [0.5, 0.6) is 0 Å². The van der Waals surface area contributed by atoms with Gasteiger partial charge in [-0.25, -0.2) is 0 Å². The lowest BCUT2D eigenvalue weighted by Crippen LogP contribution is -1.80. The molecule has 0 spiro atoms. The minimum atomic E-state index is 1.23. The lowest BCUT2D eigenvalue weighted by molar-refractivity contribution is 1.46. The van der Waals surface area contributed by atoms with Crippen LogP contribution < -0.4 is 0 Å². The van der Waals surface area contributed by atoms with Crippen LogP contribution in [0.1, 0.15) is 16.7 Å². The van der Waals surface area contributed by atoms with Gasteiger partial charge < -0.3 is 0 Å². The van der Waals surface area contributed by atoms with E-state index in [1.165, 1.54) is 47.6 Å². The van der Waals surface area contributed by atoms with E-state index in [0.717, 1.165) is 0 Å². The predicted octanol–water partition coefficient (Wildman–Crippen LogP) is 7.69. The summed E-state index contributed by atoms with van der Waals surface area (Å²) < 4.78 is 2.71. The van der Waals surface area contributed by atoms with Gasteiger partial charge in [0.25, 0.3) is 0 Å². The molecule has 0 radical (unpaired) electrons. The molecule has 0 aliphatic rings. The fourth-order valence-corrected chi connectivity index (χ4v) is 4.74. The van der Waals surface area contributed by atoms with Gasteiger partial charge in [0.2, 0.25) is 0 Å². The molecule has 0 saturated heterocycles. The molecule has 0 nitrogen and oxygen atoms in total. The maximum Gasteiger partial charge on any atom is 0.0362 e. The number of thiophene rings is 1. The number of hydrogen-bond donors (Lipinski definition) is 0. The molecule has 4 aromatic carbocycles. The Bertz CT molecular complexity index is 1270. The molecule has 0 unspecified atom stereocenters. The van der Waals surface area contributed by atoms with Crippen LogP contribution >= 0.6 is 11.3 Å². The monoisotopic (exact) mass is 350 g/mol. The van der Waals surface area contributed by atoms with Crippen LogP contribution in [0.25, 0.3) is 43.1 Å². The molecule has 0 bridgehead atoms. The van der Waals surface area contributed by atoms with Crippen molar-refractivity contribution in [2.45, 2.75) is 6.92 Å². The molecule has 0 N–H and O–H groups in total. The maximum atomic E-state index is 2.26. The van der Waals surface area contributed by atoms with Crippen molar-refractivity contribution < 1.29 is 0 Å². The van der Waals surface area contributed by atoms with Crippen molar-refractivity contribution in [3.8, 4) is 0 Å². The average Bonchev–Trinajstić information content (AvgIpc) is 3.06. The quantitative estimate of drug-likeness (QED) is 0.286. The molecule has 1 heteroatoms. The first-order valence-electron chi connectivity index (χ1n) is 8.87. The number of hydrogen-bond acceptors (Lipinski definition) is 1. The van der Waals surface area contributed by atoms with E-state index >= 15 is 0 Å². The number of rotatable bonds is 2. The predicted molar refractivity (Wildman–Crippen MR) is 117 cm³/mol. The smallest absolute Gasteiger partial charge is 0.0362 e. The Hall–Kier alpha value is -2.90. The number of aryl methyl sites for hydroxylation is 1. The second-order valence-electron chi connectivity index (χ2n) is 6.73. The van der Waals surface area contributed by atoms with E-state index in [9.17, 15) is 0 Å². The van der Waals surface area contributed by atoms with E-state index in [2.05, 4.69) is 97.9 Å². The van der Waals surface area contributed by atoms with Crippen LogP contribution in [0.3, 0.4) is 0 Å². The molecule has 5 rings (SSSR count). The Kier molecular flexibility index (Phi) is 3.62. The fraction of sp³-hybridized carbons (Fsp3) is 0.0400. The summed E-state index contributed by atoms with van der Waals surface area (Å²) in [4.78, 5) is 0. The zero-order chi connectivity index (χ0) is 17.5. The standard InChI is InChI=1S/C25H18S/c1-17-9-11-18(12-10-17)13-14-19-5-4-6-20-15-16-23-25(24(19)20)21-7-2-3-8-22(21)26-23/h2-16H,1H3. The van der Waals surface area contributed by atoms with Crippen LogP contribution in [-0.4, -0.2) is 0 Å². The summed E-state index contributed by atoms with van der Waals surface area (Å²) in [5.74, 6) is 0. The summed E-state index contributed by atoms with van der Waals surface area (Å²) >= 11 is 1.88. The molecule has 124 valence electrons. The molecule has 0 aliphatic carbocycles. The van der Waals surface area contributed by atoms with Gasteiger partial charge in [-0.15, -0.1) is 11.3 Å². The maximum absolute atomic E-state index is 2.26. The van der Waals surface area contributed by atoms with Crippen LogP contribution in [0.2, 0.25) is 0 Å². The minimum absolute atomic E-state index is 1.23. The molecule has 0 aliphatic heterocycles. The van der Waals surface area contributed by atoms with Gasteiger partial charge in [-0.2, -0.15) is 0 Å². The summed E-state index contributed by atoms with van der Waals surface area (Å²) in [6.07, 6.45) is 4.46. The van der Waals surface area contributed by atoms with E-state index in [4.69, 9.17) is 0 Å². The zero-order valence-corrected chi connectivity index (χ0v) is 15.4. The average molecular weight is 350 g/mol. The summed E-state index contributed by atoms with van der Waals surface area (Å²) in [7, 11) is 0. The third-order valence-electron chi connectivity index (χ3n) is 4.95. The van der Waals surface area contributed by atoms with Crippen molar-refractivity contribution in [2.75, 3.05) is 0 Å². The van der Waals surface area contributed by atoms with Crippen molar-refractivity contribution in [2.24, 2.45) is 0 Å². The molecule has 0 saturated carbocycles. The third-order valence-corrected chi connectivity index (χ3v) is 6.08. The first-order chi connectivity index (χ1) is 12.8. The van der Waals surface area contributed by atoms with Crippen molar-refractivity contribution in [3.63, 3.8) is 0 Å². The Morgan fingerprint density at radius 3 is 2.38 bits per heavy atom. The first kappa shape index (κ1) is 15.4. The van der Waals surface area contributed by atoms with Gasteiger partial charge >= 0.3 is 0 Å². The van der Waals surface area contributed by atoms with Gasteiger partial charge in [0.1, 0.15) is 0 Å². The van der Waals surface area contributed by atoms with E-state index < -0.39 is 0 Å². The highest BCUT2D eigenvalue weighted by Crippen LogP contribution is 2.39. The molecule has 0 fully saturated rings. The molecule has 1 aromatic heterocycles. The second-order valence-corrected chi connectivity index (χ2v) is 7.81. The largest absolute Gasteiger partial charge is 0.135 e. The number of fused-ring (bicyclic) bond motifs is 5. The summed E-state index contributed by atoms with van der Waals surface area (Å²) in [6, 6.07) is 28.5. The summed E-state index contributed by atoms with van der Waals surface area (Å²) in [5, 5.41) is 5.39. The molecule has 1 heterocycles. The van der Waals surface area contributed by atoms with E-state index in [-0.39, 0.29) is 0 Å². The SMILES string of the molecule is Cc1ccc(C=Cc2cccc3ccc4sc5ccccc5c4c23)cc1. The van der Waals surface area contributed by atoms with Gasteiger partial charge in [-0.05, 0) is 41.0 Å². The summed E-state index contributed by atoms with van der Waals surface area (Å²) in [5.41, 5.74) is 3.80. The van der Waals surface area contributed by atoms with Gasteiger partial charge in [0.05, 0.1) is 0 Å². The van der Waals surface area contributed by atoms with Gasteiger partial charge in [-0.1, -0.05) is 84.4 Å². The molecule has 5 aromatic rings. The topological polar surface area (TPSA) is 0 Å². The van der Waals surface area contributed by atoms with Crippen molar-refractivity contribution in [1.29, 1.82) is 0 Å². The molecular weight excluding hydrogens is 332 g/mol. The third kappa shape index (κ3) is 2.53. The highest BCUT2D eigenvalue weighted by atomic mass is 32.1. The highest BCUT2D eigenvalue weighted by molar-refractivity contribution is 7.26. The van der Waals surface area contributed by atoms with Gasteiger partial charge in [0, 0.05) is 20.2 Å². The normalized spacial score (nSPS) is 11.9. The molecule has 0 amide bonds. The number of benzene rings is 4. The van der Waals surface area contributed by atoms with Crippen LogP contribution in [0, 0.1) is 6.92 Å². The Balaban J connectivity index is 1.78. The molecule has 26 heavy (non-hydrogen) atoms. The van der Waals surface area contributed by atoms with E-state index in [1.807, 2.05) is 11.3 Å². The Labute approximate surface area is 157 Å². The molecular formula is C25H18S. The zero-order valence-electron chi connectivity index (χ0n) is 14.6.